The molecule has 4 N–H and O–H groups in total. The number of hydrogen-bond donors (Lipinski definition) is 4. The van der Waals surface area contributed by atoms with Crippen LogP contribution in [0.15, 0.2) is 24.6 Å². The van der Waals surface area contributed by atoms with Crippen LogP contribution in [0.4, 0.5) is 0 Å². The van der Waals surface area contributed by atoms with Gasteiger partial charge in [0.2, 0.25) is 5.91 Å². The number of allylic oxidation sites excluding steroid dienone is 2. The van der Waals surface area contributed by atoms with Crippen LogP contribution in [0.3, 0.4) is 0 Å². The Morgan fingerprint density at radius 1 is 0.730 bits per heavy atom. The minimum atomic E-state index is -1.00. The van der Waals surface area contributed by atoms with E-state index in [4.69, 9.17) is 9.84 Å². The molecule has 0 aliphatic rings. The van der Waals surface area contributed by atoms with Crippen LogP contribution in [0.25, 0.3) is 0 Å². The molecule has 0 aromatic carbocycles. The van der Waals surface area contributed by atoms with Gasteiger partial charge in [0.1, 0.15) is 6.04 Å². The van der Waals surface area contributed by atoms with Crippen molar-refractivity contribution in [3.8, 4) is 0 Å². The zero-order valence-electron chi connectivity index (χ0n) is 23.7. The fourth-order valence-electron chi connectivity index (χ4n) is 4.21. The van der Waals surface area contributed by atoms with E-state index in [1.807, 2.05) is 0 Å². The second-order valence-corrected chi connectivity index (χ2v) is 10.2. The van der Waals surface area contributed by atoms with Crippen molar-refractivity contribution in [3.05, 3.63) is 24.6 Å². The maximum Gasteiger partial charge on any atom is 0.326 e. The number of carbonyl (C=O) groups excluding carboxylic acids is 1. The van der Waals surface area contributed by atoms with Crippen molar-refractivity contribution >= 4 is 11.9 Å². The van der Waals surface area contributed by atoms with E-state index in [0.29, 0.717) is 38.2 Å². The average molecular weight is 525 g/mol. The lowest BCUT2D eigenvalue weighted by atomic mass is 10.0. The van der Waals surface area contributed by atoms with Crippen molar-refractivity contribution in [1.82, 2.24) is 10.6 Å². The van der Waals surface area contributed by atoms with Gasteiger partial charge in [0.15, 0.2) is 0 Å². The van der Waals surface area contributed by atoms with Gasteiger partial charge in [-0.1, -0.05) is 97.1 Å². The first-order chi connectivity index (χ1) is 17.9. The molecule has 0 fully saturated rings. The molecule has 0 saturated heterocycles. The summed E-state index contributed by atoms with van der Waals surface area (Å²) in [6.45, 7) is 11.5. The first-order valence-electron chi connectivity index (χ1n) is 14.7. The maximum absolute atomic E-state index is 12.2. The van der Waals surface area contributed by atoms with E-state index >= 15 is 0 Å². The van der Waals surface area contributed by atoms with Crippen molar-refractivity contribution in [2.45, 2.75) is 135 Å². The molecule has 0 aromatic heterocycles. The van der Waals surface area contributed by atoms with Crippen LogP contribution in [0.5, 0.6) is 0 Å². The summed E-state index contributed by atoms with van der Waals surface area (Å²) in [5.41, 5.74) is 0.762. The molecule has 37 heavy (non-hydrogen) atoms. The Hall–Kier alpha value is -2.02. The van der Waals surface area contributed by atoms with E-state index in [-0.39, 0.29) is 5.91 Å². The summed E-state index contributed by atoms with van der Waals surface area (Å²) in [6, 6.07) is -0.880. The fraction of sp³-hybridized carbons (Fsp3) is 0.800. The van der Waals surface area contributed by atoms with E-state index in [1.54, 1.807) is 0 Å². The molecule has 0 aliphatic heterocycles. The SMILES string of the molecule is C=C(O)CCCCCCCCCCCCCCCCC(=O)NC(CCC(=C)NCCOCCC)C(=O)O. The van der Waals surface area contributed by atoms with Gasteiger partial charge in [0, 0.05) is 31.7 Å². The molecule has 216 valence electrons. The van der Waals surface area contributed by atoms with Crippen LogP contribution in [0.2, 0.25) is 0 Å². The summed E-state index contributed by atoms with van der Waals surface area (Å²) in [6.07, 6.45) is 19.6. The summed E-state index contributed by atoms with van der Waals surface area (Å²) < 4.78 is 5.40. The van der Waals surface area contributed by atoms with Crippen molar-refractivity contribution in [2.24, 2.45) is 0 Å². The van der Waals surface area contributed by atoms with Crippen LogP contribution in [-0.4, -0.2) is 47.9 Å². The van der Waals surface area contributed by atoms with Gasteiger partial charge in [0.05, 0.1) is 12.4 Å². The smallest absolute Gasteiger partial charge is 0.326 e. The van der Waals surface area contributed by atoms with E-state index in [9.17, 15) is 14.7 Å². The normalized spacial score (nSPS) is 11.7. The highest BCUT2D eigenvalue weighted by molar-refractivity contribution is 5.83. The Balaban J connectivity index is 3.62. The third kappa shape index (κ3) is 25.4. The van der Waals surface area contributed by atoms with Gasteiger partial charge < -0.3 is 25.6 Å². The standard InChI is InChI=1S/C30H56N2O5/c1-4-24-37-25-23-31-26(2)21-22-28(30(35)36)32-29(34)20-18-16-14-12-10-8-6-5-7-9-11-13-15-17-19-27(3)33/h28,31,33H,2-25H2,1H3,(H,32,34)(H,35,36). The molecule has 7 heteroatoms. The van der Waals surface area contributed by atoms with Gasteiger partial charge in [-0.25, -0.2) is 4.79 Å². The molecule has 0 aromatic rings. The second kappa shape index (κ2) is 25.6. The number of ether oxygens (including phenoxy) is 1. The monoisotopic (exact) mass is 524 g/mol. The summed E-state index contributed by atoms with van der Waals surface area (Å²) in [4.78, 5) is 23.7. The molecule has 0 radical (unpaired) electrons. The third-order valence-corrected chi connectivity index (χ3v) is 6.46. The van der Waals surface area contributed by atoms with E-state index in [2.05, 4.69) is 30.7 Å². The molecular formula is C30H56N2O5. The molecular weight excluding hydrogens is 468 g/mol. The molecule has 0 heterocycles. The van der Waals surface area contributed by atoms with Crippen molar-refractivity contribution in [1.29, 1.82) is 0 Å². The van der Waals surface area contributed by atoms with Gasteiger partial charge in [-0.15, -0.1) is 0 Å². The lowest BCUT2D eigenvalue weighted by Gasteiger charge is -2.16. The minimum absolute atomic E-state index is 0.183. The summed E-state index contributed by atoms with van der Waals surface area (Å²) in [5, 5.41) is 24.3. The molecule has 1 amide bonds. The number of aliphatic hydroxyl groups is 1. The highest BCUT2D eigenvalue weighted by Gasteiger charge is 2.19. The quantitative estimate of drug-likeness (QED) is 0.0638. The van der Waals surface area contributed by atoms with E-state index in [0.717, 1.165) is 50.8 Å². The zero-order valence-corrected chi connectivity index (χ0v) is 23.7. The summed E-state index contributed by atoms with van der Waals surface area (Å²) in [5.74, 6) is -0.879. The Kier molecular flexibility index (Phi) is 24.2. The number of rotatable bonds is 28. The number of carboxylic acids is 1. The van der Waals surface area contributed by atoms with Gasteiger partial charge in [-0.2, -0.15) is 0 Å². The van der Waals surface area contributed by atoms with Gasteiger partial charge in [0.25, 0.3) is 0 Å². The van der Waals surface area contributed by atoms with Gasteiger partial charge in [-0.3, -0.25) is 4.79 Å². The Morgan fingerprint density at radius 2 is 1.22 bits per heavy atom. The third-order valence-electron chi connectivity index (χ3n) is 6.46. The second-order valence-electron chi connectivity index (χ2n) is 10.2. The number of hydrogen-bond acceptors (Lipinski definition) is 5. The number of carboxylic acid groups (broad SMARTS) is 1. The molecule has 1 atom stereocenters. The minimum Gasteiger partial charge on any atom is -0.513 e. The molecule has 0 saturated carbocycles. The Bertz CT molecular complexity index is 609. The number of aliphatic carboxylic acids is 1. The summed E-state index contributed by atoms with van der Waals surface area (Å²) in [7, 11) is 0. The largest absolute Gasteiger partial charge is 0.513 e. The zero-order chi connectivity index (χ0) is 27.6. The predicted octanol–water partition coefficient (Wildman–Crippen LogP) is 7.18. The van der Waals surface area contributed by atoms with E-state index in [1.165, 1.54) is 64.2 Å². The maximum atomic E-state index is 12.2. The van der Waals surface area contributed by atoms with Gasteiger partial charge in [-0.05, 0) is 32.1 Å². The fourth-order valence-corrected chi connectivity index (χ4v) is 4.21. The van der Waals surface area contributed by atoms with Crippen LogP contribution >= 0.6 is 0 Å². The molecule has 0 rings (SSSR count). The van der Waals surface area contributed by atoms with Crippen LogP contribution in [0.1, 0.15) is 129 Å². The molecule has 0 aliphatic carbocycles. The number of unbranched alkanes of at least 4 members (excludes halogenated alkanes) is 13. The van der Waals surface area contributed by atoms with Crippen LogP contribution in [0, 0.1) is 0 Å². The highest BCUT2D eigenvalue weighted by Crippen LogP contribution is 2.14. The van der Waals surface area contributed by atoms with Crippen molar-refractivity contribution < 1.29 is 24.5 Å². The van der Waals surface area contributed by atoms with Crippen LogP contribution < -0.4 is 10.6 Å². The Morgan fingerprint density at radius 3 is 1.68 bits per heavy atom. The number of nitrogens with one attached hydrogen (secondary N) is 2. The molecule has 1 unspecified atom stereocenters. The molecule has 0 bridgehead atoms. The highest BCUT2D eigenvalue weighted by atomic mass is 16.5. The Labute approximate surface area is 226 Å². The predicted molar refractivity (Wildman–Crippen MR) is 153 cm³/mol. The lowest BCUT2D eigenvalue weighted by molar-refractivity contribution is -0.142. The molecule has 7 nitrogen and oxygen atoms in total. The topological polar surface area (TPSA) is 108 Å². The van der Waals surface area contributed by atoms with Crippen molar-refractivity contribution in [3.63, 3.8) is 0 Å². The van der Waals surface area contributed by atoms with Gasteiger partial charge >= 0.3 is 5.97 Å². The average Bonchev–Trinajstić information content (AvgIpc) is 2.85. The van der Waals surface area contributed by atoms with Crippen LogP contribution in [-0.2, 0) is 14.3 Å². The summed E-state index contributed by atoms with van der Waals surface area (Å²) >= 11 is 0. The van der Waals surface area contributed by atoms with Crippen molar-refractivity contribution in [2.75, 3.05) is 19.8 Å². The molecule has 0 spiro atoms. The number of aliphatic hydroxyl groups excluding tert-OH is 1. The first kappa shape index (κ1) is 35.0. The van der Waals surface area contributed by atoms with E-state index < -0.39 is 12.0 Å². The number of amides is 1. The number of carbonyl (C=O) groups is 2. The lowest BCUT2D eigenvalue weighted by Crippen LogP contribution is -2.41. The first-order valence-corrected chi connectivity index (χ1v) is 14.7.